The number of rotatable bonds is 5. The molecule has 86 valence electrons. The summed E-state index contributed by atoms with van der Waals surface area (Å²) < 4.78 is 0. The fourth-order valence-corrected chi connectivity index (χ4v) is 1.34. The highest BCUT2D eigenvalue weighted by atomic mass is 16.2. The van der Waals surface area contributed by atoms with Crippen molar-refractivity contribution in [3.8, 4) is 0 Å². The van der Waals surface area contributed by atoms with Crippen molar-refractivity contribution in [3.05, 3.63) is 24.0 Å². The van der Waals surface area contributed by atoms with Crippen LogP contribution in [0.4, 0.5) is 5.69 Å². The van der Waals surface area contributed by atoms with Gasteiger partial charge in [0.15, 0.2) is 0 Å². The Kier molecular flexibility index (Phi) is 3.36. The average Bonchev–Trinajstić information content (AvgIpc) is 3.11. The standard InChI is InChI=1S/C11H16N4O/c12-5-6-13-9-3-4-10(14-7-9)11(16)15-8-1-2-8/h3-4,7-8,13H,1-2,5-6,12H2,(H,15,16). The summed E-state index contributed by atoms with van der Waals surface area (Å²) in [4.78, 5) is 15.7. The maximum atomic E-state index is 11.6. The first-order chi connectivity index (χ1) is 7.79. The molecule has 1 aromatic rings. The molecule has 0 saturated heterocycles. The van der Waals surface area contributed by atoms with Crippen molar-refractivity contribution in [2.24, 2.45) is 5.73 Å². The van der Waals surface area contributed by atoms with Gasteiger partial charge in [-0.1, -0.05) is 0 Å². The average molecular weight is 220 g/mol. The van der Waals surface area contributed by atoms with Gasteiger partial charge in [0.1, 0.15) is 5.69 Å². The molecular formula is C11H16N4O. The number of nitrogens with one attached hydrogen (secondary N) is 2. The third kappa shape index (κ3) is 2.93. The molecule has 1 heterocycles. The first-order valence-corrected chi connectivity index (χ1v) is 5.50. The Labute approximate surface area is 94.4 Å². The summed E-state index contributed by atoms with van der Waals surface area (Å²) in [6, 6.07) is 3.92. The van der Waals surface area contributed by atoms with E-state index in [0.717, 1.165) is 18.5 Å². The van der Waals surface area contributed by atoms with Gasteiger partial charge >= 0.3 is 0 Å². The van der Waals surface area contributed by atoms with Crippen LogP contribution in [0.15, 0.2) is 18.3 Å². The van der Waals surface area contributed by atoms with E-state index in [4.69, 9.17) is 5.73 Å². The highest BCUT2D eigenvalue weighted by molar-refractivity contribution is 5.92. The number of nitrogens with two attached hydrogens (primary N) is 1. The van der Waals surface area contributed by atoms with Gasteiger partial charge in [-0.3, -0.25) is 4.79 Å². The number of carbonyl (C=O) groups is 1. The van der Waals surface area contributed by atoms with Crippen molar-refractivity contribution in [1.82, 2.24) is 10.3 Å². The molecule has 0 aromatic carbocycles. The third-order valence-corrected chi connectivity index (χ3v) is 2.38. The van der Waals surface area contributed by atoms with Gasteiger partial charge in [0.05, 0.1) is 11.9 Å². The zero-order valence-corrected chi connectivity index (χ0v) is 9.07. The second-order valence-corrected chi connectivity index (χ2v) is 3.90. The molecule has 1 saturated carbocycles. The van der Waals surface area contributed by atoms with Crippen molar-refractivity contribution in [2.75, 3.05) is 18.4 Å². The largest absolute Gasteiger partial charge is 0.383 e. The number of hydrogen-bond donors (Lipinski definition) is 3. The number of pyridine rings is 1. The molecular weight excluding hydrogens is 204 g/mol. The minimum absolute atomic E-state index is 0.0899. The molecule has 0 aliphatic heterocycles. The summed E-state index contributed by atoms with van der Waals surface area (Å²) in [5, 5.41) is 5.99. The van der Waals surface area contributed by atoms with E-state index in [9.17, 15) is 4.79 Å². The topological polar surface area (TPSA) is 80.0 Å². The molecule has 0 bridgehead atoms. The van der Waals surface area contributed by atoms with Gasteiger partial charge in [0.2, 0.25) is 0 Å². The number of amides is 1. The Morgan fingerprint density at radius 2 is 2.31 bits per heavy atom. The summed E-state index contributed by atoms with van der Waals surface area (Å²) in [5.74, 6) is -0.0899. The third-order valence-electron chi connectivity index (χ3n) is 2.38. The zero-order valence-electron chi connectivity index (χ0n) is 9.07. The Morgan fingerprint density at radius 1 is 1.50 bits per heavy atom. The van der Waals surface area contributed by atoms with Crippen LogP contribution in [-0.2, 0) is 0 Å². The number of carbonyl (C=O) groups excluding carboxylic acids is 1. The lowest BCUT2D eigenvalue weighted by atomic mass is 10.3. The number of aromatic nitrogens is 1. The minimum atomic E-state index is -0.0899. The van der Waals surface area contributed by atoms with E-state index in [1.54, 1.807) is 12.3 Å². The van der Waals surface area contributed by atoms with Gasteiger partial charge in [-0.15, -0.1) is 0 Å². The van der Waals surface area contributed by atoms with Crippen molar-refractivity contribution >= 4 is 11.6 Å². The van der Waals surface area contributed by atoms with Crippen LogP contribution in [0.2, 0.25) is 0 Å². The molecule has 5 nitrogen and oxygen atoms in total. The second-order valence-electron chi connectivity index (χ2n) is 3.90. The Bertz CT molecular complexity index is 359. The molecule has 16 heavy (non-hydrogen) atoms. The van der Waals surface area contributed by atoms with Crippen LogP contribution in [0.25, 0.3) is 0 Å². The summed E-state index contributed by atoms with van der Waals surface area (Å²) in [7, 11) is 0. The minimum Gasteiger partial charge on any atom is -0.383 e. The van der Waals surface area contributed by atoms with Crippen LogP contribution < -0.4 is 16.4 Å². The normalized spacial score (nSPS) is 14.6. The smallest absolute Gasteiger partial charge is 0.270 e. The molecule has 2 rings (SSSR count). The van der Waals surface area contributed by atoms with Crippen LogP contribution >= 0.6 is 0 Å². The SMILES string of the molecule is NCCNc1ccc(C(=O)NC2CC2)nc1. The predicted molar refractivity (Wildman–Crippen MR) is 62.3 cm³/mol. The first kappa shape index (κ1) is 10.9. The number of hydrogen-bond acceptors (Lipinski definition) is 4. The molecule has 1 aromatic heterocycles. The predicted octanol–water partition coefficient (Wildman–Crippen LogP) is 0.344. The van der Waals surface area contributed by atoms with Crippen LogP contribution in [0, 0.1) is 0 Å². The molecule has 0 unspecified atom stereocenters. The van der Waals surface area contributed by atoms with Crippen molar-refractivity contribution < 1.29 is 4.79 Å². The molecule has 0 radical (unpaired) electrons. The monoisotopic (exact) mass is 220 g/mol. The second kappa shape index (κ2) is 4.94. The molecule has 0 atom stereocenters. The lowest BCUT2D eigenvalue weighted by molar-refractivity contribution is 0.0946. The fourth-order valence-electron chi connectivity index (χ4n) is 1.34. The molecule has 1 aliphatic carbocycles. The fraction of sp³-hybridized carbons (Fsp3) is 0.455. The maximum Gasteiger partial charge on any atom is 0.270 e. The maximum absolute atomic E-state index is 11.6. The number of anilines is 1. The molecule has 1 aliphatic rings. The van der Waals surface area contributed by atoms with Crippen molar-refractivity contribution in [2.45, 2.75) is 18.9 Å². The molecule has 1 fully saturated rings. The lowest BCUT2D eigenvalue weighted by Crippen LogP contribution is -2.26. The Hall–Kier alpha value is -1.62. The summed E-state index contributed by atoms with van der Waals surface area (Å²) in [6.07, 6.45) is 3.82. The highest BCUT2D eigenvalue weighted by Gasteiger charge is 2.24. The van der Waals surface area contributed by atoms with Gasteiger partial charge < -0.3 is 16.4 Å². The molecule has 1 amide bonds. The van der Waals surface area contributed by atoms with Crippen LogP contribution in [-0.4, -0.2) is 30.0 Å². The van der Waals surface area contributed by atoms with Crippen molar-refractivity contribution in [1.29, 1.82) is 0 Å². The molecule has 4 N–H and O–H groups in total. The van der Waals surface area contributed by atoms with Gasteiger partial charge in [0, 0.05) is 19.1 Å². The van der Waals surface area contributed by atoms with Gasteiger partial charge in [-0.05, 0) is 25.0 Å². The van der Waals surface area contributed by atoms with Crippen LogP contribution in [0.1, 0.15) is 23.3 Å². The van der Waals surface area contributed by atoms with E-state index in [1.807, 2.05) is 6.07 Å². The van der Waals surface area contributed by atoms with Crippen LogP contribution in [0.5, 0.6) is 0 Å². The van der Waals surface area contributed by atoms with Crippen molar-refractivity contribution in [3.63, 3.8) is 0 Å². The summed E-state index contributed by atoms with van der Waals surface area (Å²) in [5.41, 5.74) is 6.72. The summed E-state index contributed by atoms with van der Waals surface area (Å²) in [6.45, 7) is 1.28. The summed E-state index contributed by atoms with van der Waals surface area (Å²) >= 11 is 0. The number of nitrogens with zero attached hydrogens (tertiary/aromatic N) is 1. The van der Waals surface area contributed by atoms with Gasteiger partial charge in [0.25, 0.3) is 5.91 Å². The van der Waals surface area contributed by atoms with E-state index in [-0.39, 0.29) is 5.91 Å². The van der Waals surface area contributed by atoms with E-state index in [1.165, 1.54) is 0 Å². The highest BCUT2D eigenvalue weighted by Crippen LogP contribution is 2.19. The zero-order chi connectivity index (χ0) is 11.4. The first-order valence-electron chi connectivity index (χ1n) is 5.50. The molecule has 0 spiro atoms. The van der Waals surface area contributed by atoms with E-state index in [2.05, 4.69) is 15.6 Å². The van der Waals surface area contributed by atoms with E-state index < -0.39 is 0 Å². The quantitative estimate of drug-likeness (QED) is 0.668. The van der Waals surface area contributed by atoms with E-state index in [0.29, 0.717) is 24.8 Å². The molecule has 5 heteroatoms. The lowest BCUT2D eigenvalue weighted by Gasteiger charge is -2.05. The van der Waals surface area contributed by atoms with Crippen LogP contribution in [0.3, 0.4) is 0 Å². The van der Waals surface area contributed by atoms with Gasteiger partial charge in [-0.2, -0.15) is 0 Å². The Morgan fingerprint density at radius 3 is 2.88 bits per heavy atom. The van der Waals surface area contributed by atoms with Gasteiger partial charge in [-0.25, -0.2) is 4.98 Å². The Balaban J connectivity index is 1.92. The van der Waals surface area contributed by atoms with E-state index >= 15 is 0 Å².